The number of likely N-dealkylation sites (tertiary alicyclic amines) is 1. The predicted molar refractivity (Wildman–Crippen MR) is 87.9 cm³/mol. The molecule has 1 fully saturated rings. The molecule has 2 atom stereocenters. The standard InChI is InChI=1S/C19H21F2NO3/c20-13-7-8-16(21)15(11-13)19(24)22-9-3-1-2-5-14(22)12-17(23)18-6-4-10-25-18/h4,6-8,10-11,14,17,23H,1-3,5,9,12H2. The maximum absolute atomic E-state index is 14.0. The fraction of sp³-hybridized carbons (Fsp3) is 0.421. The van der Waals surface area contributed by atoms with Crippen molar-refractivity contribution in [3.8, 4) is 0 Å². The van der Waals surface area contributed by atoms with Crippen molar-refractivity contribution in [2.45, 2.75) is 44.2 Å². The van der Waals surface area contributed by atoms with Gasteiger partial charge in [-0.25, -0.2) is 8.78 Å². The molecular weight excluding hydrogens is 328 g/mol. The van der Waals surface area contributed by atoms with Crippen LogP contribution in [0.2, 0.25) is 0 Å². The number of hydrogen-bond acceptors (Lipinski definition) is 3. The summed E-state index contributed by atoms with van der Waals surface area (Å²) in [5.41, 5.74) is -0.264. The zero-order valence-electron chi connectivity index (χ0n) is 13.8. The molecule has 3 rings (SSSR count). The van der Waals surface area contributed by atoms with Crippen LogP contribution in [0, 0.1) is 11.6 Å². The minimum atomic E-state index is -0.842. The van der Waals surface area contributed by atoms with Crippen molar-refractivity contribution in [1.29, 1.82) is 0 Å². The van der Waals surface area contributed by atoms with E-state index in [1.165, 1.54) is 6.26 Å². The number of rotatable bonds is 4. The third-order valence-electron chi connectivity index (χ3n) is 4.66. The monoisotopic (exact) mass is 349 g/mol. The molecular formula is C19H21F2NO3. The molecule has 1 aromatic carbocycles. The number of halogens is 2. The molecule has 0 saturated carbocycles. The SMILES string of the molecule is O=C(c1cc(F)ccc1F)N1CCCCCC1CC(O)c1ccco1. The number of aliphatic hydroxyl groups excluding tert-OH is 1. The lowest BCUT2D eigenvalue weighted by Gasteiger charge is -2.31. The molecule has 2 aromatic rings. The molecule has 1 aliphatic rings. The highest BCUT2D eigenvalue weighted by atomic mass is 19.1. The molecule has 1 N–H and O–H groups in total. The number of carbonyl (C=O) groups excluding carboxylic acids is 1. The summed E-state index contributed by atoms with van der Waals surface area (Å²) in [7, 11) is 0. The van der Waals surface area contributed by atoms with Gasteiger partial charge in [0.25, 0.3) is 5.91 Å². The van der Waals surface area contributed by atoms with Gasteiger partial charge in [0.15, 0.2) is 0 Å². The second-order valence-corrected chi connectivity index (χ2v) is 6.39. The Labute approximate surface area is 145 Å². The Kier molecular flexibility index (Phi) is 5.48. The van der Waals surface area contributed by atoms with Crippen LogP contribution in [0.25, 0.3) is 0 Å². The van der Waals surface area contributed by atoms with Gasteiger partial charge in [0.1, 0.15) is 23.5 Å². The largest absolute Gasteiger partial charge is 0.467 e. The van der Waals surface area contributed by atoms with E-state index in [1.54, 1.807) is 17.0 Å². The van der Waals surface area contributed by atoms with Crippen molar-refractivity contribution >= 4 is 5.91 Å². The number of amides is 1. The first-order valence-electron chi connectivity index (χ1n) is 8.53. The third-order valence-corrected chi connectivity index (χ3v) is 4.66. The summed E-state index contributed by atoms with van der Waals surface area (Å²) < 4.78 is 32.7. The number of hydrogen-bond donors (Lipinski definition) is 1. The Morgan fingerprint density at radius 2 is 2.12 bits per heavy atom. The first-order valence-corrected chi connectivity index (χ1v) is 8.53. The highest BCUT2D eigenvalue weighted by molar-refractivity contribution is 5.94. The van der Waals surface area contributed by atoms with Crippen LogP contribution in [0.5, 0.6) is 0 Å². The summed E-state index contributed by atoms with van der Waals surface area (Å²) in [6.45, 7) is 0.463. The van der Waals surface area contributed by atoms with E-state index in [-0.39, 0.29) is 11.6 Å². The van der Waals surface area contributed by atoms with E-state index in [9.17, 15) is 18.7 Å². The van der Waals surface area contributed by atoms with Gasteiger partial charge in [-0.1, -0.05) is 12.8 Å². The minimum absolute atomic E-state index is 0.252. The number of carbonyl (C=O) groups is 1. The van der Waals surface area contributed by atoms with Crippen LogP contribution in [0.1, 0.15) is 54.3 Å². The number of aliphatic hydroxyl groups is 1. The van der Waals surface area contributed by atoms with E-state index in [0.29, 0.717) is 25.1 Å². The van der Waals surface area contributed by atoms with Gasteiger partial charge >= 0.3 is 0 Å². The molecule has 1 aliphatic heterocycles. The van der Waals surface area contributed by atoms with Crippen LogP contribution in [-0.2, 0) is 0 Å². The normalized spacial score (nSPS) is 19.5. The Bertz CT molecular complexity index is 717. The Balaban J connectivity index is 1.82. The summed E-state index contributed by atoms with van der Waals surface area (Å²) in [4.78, 5) is 14.4. The van der Waals surface area contributed by atoms with Gasteiger partial charge in [-0.05, 0) is 43.2 Å². The summed E-state index contributed by atoms with van der Waals surface area (Å²) in [6, 6.07) is 6.01. The van der Waals surface area contributed by atoms with Crippen LogP contribution in [0.4, 0.5) is 8.78 Å². The summed E-state index contributed by atoms with van der Waals surface area (Å²) >= 11 is 0. The van der Waals surface area contributed by atoms with Crippen LogP contribution in [0.15, 0.2) is 41.0 Å². The van der Waals surface area contributed by atoms with E-state index in [0.717, 1.165) is 37.5 Å². The van der Waals surface area contributed by atoms with E-state index in [2.05, 4.69) is 0 Å². The number of benzene rings is 1. The van der Waals surface area contributed by atoms with Crippen molar-refractivity contribution in [2.75, 3.05) is 6.54 Å². The van der Waals surface area contributed by atoms with Crippen LogP contribution < -0.4 is 0 Å². The second-order valence-electron chi connectivity index (χ2n) is 6.39. The molecule has 6 heteroatoms. The van der Waals surface area contributed by atoms with Crippen LogP contribution >= 0.6 is 0 Å². The Hall–Kier alpha value is -2.21. The average Bonchev–Trinajstić information content (AvgIpc) is 3.04. The molecule has 0 aliphatic carbocycles. The Morgan fingerprint density at radius 1 is 1.28 bits per heavy atom. The van der Waals surface area contributed by atoms with Crippen molar-refractivity contribution < 1.29 is 23.1 Å². The quantitative estimate of drug-likeness (QED) is 0.905. The topological polar surface area (TPSA) is 53.7 Å². The predicted octanol–water partition coefficient (Wildman–Crippen LogP) is 4.07. The van der Waals surface area contributed by atoms with E-state index in [4.69, 9.17) is 4.42 Å². The zero-order chi connectivity index (χ0) is 17.8. The minimum Gasteiger partial charge on any atom is -0.467 e. The average molecular weight is 349 g/mol. The van der Waals surface area contributed by atoms with Gasteiger partial charge in [0, 0.05) is 19.0 Å². The van der Waals surface area contributed by atoms with Crippen molar-refractivity contribution in [3.63, 3.8) is 0 Å². The first-order chi connectivity index (χ1) is 12.1. The van der Waals surface area contributed by atoms with E-state index >= 15 is 0 Å². The second kappa shape index (κ2) is 7.78. The summed E-state index contributed by atoms with van der Waals surface area (Å²) in [5.74, 6) is -1.48. The molecule has 0 bridgehead atoms. The summed E-state index contributed by atoms with van der Waals surface area (Å²) in [5, 5.41) is 10.4. The zero-order valence-corrected chi connectivity index (χ0v) is 13.8. The number of nitrogens with zero attached hydrogens (tertiary/aromatic N) is 1. The van der Waals surface area contributed by atoms with Gasteiger partial charge < -0.3 is 14.4 Å². The Morgan fingerprint density at radius 3 is 2.88 bits per heavy atom. The number of furan rings is 1. The van der Waals surface area contributed by atoms with Gasteiger partial charge in [-0.3, -0.25) is 4.79 Å². The first kappa shape index (κ1) is 17.6. The van der Waals surface area contributed by atoms with E-state index in [1.807, 2.05) is 0 Å². The molecule has 134 valence electrons. The lowest BCUT2D eigenvalue weighted by molar-refractivity contribution is 0.0553. The molecule has 0 spiro atoms. The highest BCUT2D eigenvalue weighted by Crippen LogP contribution is 2.28. The van der Waals surface area contributed by atoms with Crippen molar-refractivity contribution in [3.05, 3.63) is 59.6 Å². The van der Waals surface area contributed by atoms with Gasteiger partial charge in [-0.15, -0.1) is 0 Å². The fourth-order valence-corrected chi connectivity index (χ4v) is 3.36. The third kappa shape index (κ3) is 4.07. The summed E-state index contributed by atoms with van der Waals surface area (Å²) in [6.07, 6.45) is 4.34. The molecule has 4 nitrogen and oxygen atoms in total. The van der Waals surface area contributed by atoms with E-state index < -0.39 is 23.6 Å². The van der Waals surface area contributed by atoms with Crippen molar-refractivity contribution in [1.82, 2.24) is 4.90 Å². The van der Waals surface area contributed by atoms with Gasteiger partial charge in [0.05, 0.1) is 11.8 Å². The highest BCUT2D eigenvalue weighted by Gasteiger charge is 2.30. The maximum atomic E-state index is 14.0. The molecule has 0 radical (unpaired) electrons. The molecule has 2 heterocycles. The van der Waals surface area contributed by atoms with Gasteiger partial charge in [-0.2, -0.15) is 0 Å². The molecule has 1 aromatic heterocycles. The lowest BCUT2D eigenvalue weighted by Crippen LogP contribution is -2.41. The molecule has 2 unspecified atom stereocenters. The molecule has 25 heavy (non-hydrogen) atoms. The lowest BCUT2D eigenvalue weighted by atomic mass is 10.0. The van der Waals surface area contributed by atoms with Gasteiger partial charge in [0.2, 0.25) is 0 Å². The molecule has 1 amide bonds. The smallest absolute Gasteiger partial charge is 0.257 e. The molecule has 1 saturated heterocycles. The maximum Gasteiger partial charge on any atom is 0.257 e. The van der Waals surface area contributed by atoms with Crippen LogP contribution in [0.3, 0.4) is 0 Å². The van der Waals surface area contributed by atoms with Crippen LogP contribution in [-0.4, -0.2) is 28.5 Å². The van der Waals surface area contributed by atoms with Crippen molar-refractivity contribution in [2.24, 2.45) is 0 Å². The fourth-order valence-electron chi connectivity index (χ4n) is 3.36.